The van der Waals surface area contributed by atoms with Crippen molar-refractivity contribution < 1.29 is 18.0 Å². The van der Waals surface area contributed by atoms with Crippen LogP contribution in [0, 0.1) is 10.1 Å². The Balaban J connectivity index is 3.85. The van der Waals surface area contributed by atoms with Crippen molar-refractivity contribution in [2.24, 2.45) is 0 Å². The fourth-order valence-electron chi connectivity index (χ4n) is 0.118. The molecule has 0 amide bonds. The first-order valence-corrected chi connectivity index (χ1v) is 2.07. The van der Waals surface area contributed by atoms with Crippen LogP contribution < -0.4 is 0 Å². The molecule has 0 aromatic heterocycles. The summed E-state index contributed by atoms with van der Waals surface area (Å²) in [5.41, 5.74) is 0. The lowest BCUT2D eigenvalue weighted by Crippen LogP contribution is -2.31. The molecule has 0 aromatic carbocycles. The summed E-state index contributed by atoms with van der Waals surface area (Å²) in [6.45, 7) is -1.42. The second kappa shape index (κ2) is 2.88. The molecule has 0 rings (SSSR count). The Kier molecular flexibility index (Phi) is 2.72. The molecule has 0 aromatic rings. The molecule has 0 aliphatic heterocycles. The van der Waals surface area contributed by atoms with Crippen molar-refractivity contribution in [1.82, 2.24) is 0 Å². The molecule has 54 valence electrons. The monoisotopic (exact) mass is 161 g/mol. The van der Waals surface area contributed by atoms with E-state index in [4.69, 9.17) is 0 Å². The molecule has 0 fully saturated rings. The summed E-state index contributed by atoms with van der Waals surface area (Å²) in [4.78, 5) is 7.56. The fraction of sp³-hybridized carbons (Fsp3) is 1.00. The third kappa shape index (κ3) is 2.52. The number of hydrogen-bond acceptors (Lipinski definition) is 3. The Morgan fingerprint density at radius 2 is 2.22 bits per heavy atom. The van der Waals surface area contributed by atoms with Gasteiger partial charge in [0.2, 0.25) is 6.61 Å². The van der Waals surface area contributed by atoms with Crippen molar-refractivity contribution in [1.29, 1.82) is 0 Å². The van der Waals surface area contributed by atoms with Crippen LogP contribution in [0.5, 0.6) is 0 Å². The minimum absolute atomic E-state index is 1.42. The van der Waals surface area contributed by atoms with E-state index in [1.807, 2.05) is 0 Å². The van der Waals surface area contributed by atoms with Crippen LogP contribution in [0.2, 0.25) is 0 Å². The van der Waals surface area contributed by atoms with Crippen molar-refractivity contribution in [3.8, 4) is 0 Å². The van der Waals surface area contributed by atoms with Gasteiger partial charge in [-0.3, -0.25) is 14.4 Å². The number of halogens is 3. The molecule has 0 saturated heterocycles. The largest absolute Gasteiger partial charge is 0.536 e. The minimum Gasteiger partial charge on any atom is -0.265 e. The van der Waals surface area contributed by atoms with Crippen molar-refractivity contribution in [3.05, 3.63) is 10.1 Å². The summed E-state index contributed by atoms with van der Waals surface area (Å²) in [5, 5.41) is 9.33. The number of hydrogen-bond donors (Lipinski definition) is 0. The first kappa shape index (κ1) is 8.51. The summed E-state index contributed by atoms with van der Waals surface area (Å²) in [6, 6.07) is -4.08. The lowest BCUT2D eigenvalue weighted by atomic mass is 10.6. The summed E-state index contributed by atoms with van der Waals surface area (Å²) < 4.78 is 26.6. The van der Waals surface area contributed by atoms with Gasteiger partial charge in [0.05, 0.1) is 16.8 Å². The highest BCUT2D eigenvalue weighted by Gasteiger charge is 2.44. The van der Waals surface area contributed by atoms with E-state index in [0.29, 0.717) is 0 Å². The van der Waals surface area contributed by atoms with Gasteiger partial charge >= 0.3 is 6.05 Å². The topological polar surface area (TPSA) is 52.4 Å². The van der Waals surface area contributed by atoms with E-state index < -0.39 is 17.6 Å². The van der Waals surface area contributed by atoms with Gasteiger partial charge in [0.15, 0.2) is 0 Å². The van der Waals surface area contributed by atoms with Gasteiger partial charge in [-0.05, 0) is 0 Å². The number of rotatable bonds is 3. The molecule has 0 N–H and O–H groups in total. The van der Waals surface area contributed by atoms with Crippen molar-refractivity contribution in [2.75, 3.05) is 6.61 Å². The normalized spacial score (nSPS) is 11.4. The van der Waals surface area contributed by atoms with Crippen LogP contribution in [-0.4, -0.2) is 17.6 Å². The third-order valence-electron chi connectivity index (χ3n) is 0.495. The number of nitrogens with zero attached hydrogens (tertiary/aromatic N) is 1. The van der Waals surface area contributed by atoms with Crippen molar-refractivity contribution in [2.45, 2.75) is 6.05 Å². The van der Waals surface area contributed by atoms with Gasteiger partial charge in [-0.15, -0.1) is 8.78 Å². The lowest BCUT2D eigenvalue weighted by molar-refractivity contribution is -0.645. The van der Waals surface area contributed by atoms with Crippen LogP contribution in [0.1, 0.15) is 0 Å². The second-order valence-corrected chi connectivity index (χ2v) is 1.39. The van der Waals surface area contributed by atoms with E-state index in [-0.39, 0.29) is 0 Å². The SMILES string of the molecule is O=[N+]([O-])C(F)(F)COCl. The van der Waals surface area contributed by atoms with Gasteiger partial charge in [0, 0.05) is 0 Å². The maximum absolute atomic E-state index is 11.6. The molecule has 7 heteroatoms. The third-order valence-corrected chi connectivity index (χ3v) is 0.604. The van der Waals surface area contributed by atoms with Gasteiger partial charge in [-0.2, -0.15) is 0 Å². The van der Waals surface area contributed by atoms with E-state index in [9.17, 15) is 18.9 Å². The standard InChI is InChI=1S/C2H2ClF2NO3/c3-9-1-2(4,5)6(7)8/h1H2. The first-order chi connectivity index (χ1) is 4.00. The van der Waals surface area contributed by atoms with Crippen molar-refractivity contribution in [3.63, 3.8) is 0 Å². The molecule has 0 aliphatic rings. The van der Waals surface area contributed by atoms with Crippen LogP contribution in [0.25, 0.3) is 0 Å². The van der Waals surface area contributed by atoms with Crippen LogP contribution >= 0.6 is 11.9 Å². The summed E-state index contributed by atoms with van der Waals surface area (Å²) in [5.74, 6) is 0. The molecule has 0 atom stereocenters. The van der Waals surface area contributed by atoms with E-state index >= 15 is 0 Å². The molecule has 9 heavy (non-hydrogen) atoms. The predicted molar refractivity (Wildman–Crippen MR) is 23.7 cm³/mol. The molecule has 0 unspecified atom stereocenters. The maximum atomic E-state index is 11.6. The highest BCUT2D eigenvalue weighted by molar-refractivity contribution is 6.07. The second-order valence-electron chi connectivity index (χ2n) is 1.18. The zero-order valence-electron chi connectivity index (χ0n) is 4.01. The molecular formula is C2H2ClF2NO3. The minimum atomic E-state index is -4.08. The Morgan fingerprint density at radius 1 is 1.78 bits per heavy atom. The smallest absolute Gasteiger partial charge is 0.265 e. The molecule has 4 nitrogen and oxygen atoms in total. The van der Waals surface area contributed by atoms with Gasteiger partial charge in [-0.25, -0.2) is 0 Å². The Hall–Kier alpha value is -0.490. The average molecular weight is 161 g/mol. The predicted octanol–water partition coefficient (Wildman–Crippen LogP) is 1.03. The van der Waals surface area contributed by atoms with Crippen LogP contribution in [0.4, 0.5) is 8.78 Å². The van der Waals surface area contributed by atoms with Gasteiger partial charge in [-0.1, -0.05) is 0 Å². The Labute approximate surface area is 53.7 Å². The molecule has 0 bridgehead atoms. The Bertz CT molecular complexity index is 118. The summed E-state index contributed by atoms with van der Waals surface area (Å²) >= 11 is 4.35. The first-order valence-electron chi connectivity index (χ1n) is 1.76. The summed E-state index contributed by atoms with van der Waals surface area (Å²) in [6.07, 6.45) is 0. The molecule has 0 radical (unpaired) electrons. The van der Waals surface area contributed by atoms with E-state index in [0.717, 1.165) is 0 Å². The van der Waals surface area contributed by atoms with Crippen LogP contribution in [-0.2, 0) is 4.29 Å². The number of alkyl halides is 2. The van der Waals surface area contributed by atoms with E-state index in [1.165, 1.54) is 0 Å². The summed E-state index contributed by atoms with van der Waals surface area (Å²) in [7, 11) is 0. The number of nitro groups is 1. The highest BCUT2D eigenvalue weighted by atomic mass is 35.5. The van der Waals surface area contributed by atoms with Crippen molar-refractivity contribution >= 4 is 11.9 Å². The maximum Gasteiger partial charge on any atom is 0.536 e. The zero-order chi connectivity index (χ0) is 7.49. The molecule has 0 saturated carbocycles. The van der Waals surface area contributed by atoms with E-state index in [1.54, 1.807) is 0 Å². The van der Waals surface area contributed by atoms with E-state index in [2.05, 4.69) is 16.2 Å². The van der Waals surface area contributed by atoms with Crippen LogP contribution in [0.3, 0.4) is 0 Å². The van der Waals surface area contributed by atoms with Gasteiger partial charge in [0.25, 0.3) is 0 Å². The molecular weight excluding hydrogens is 159 g/mol. The zero-order valence-corrected chi connectivity index (χ0v) is 4.77. The van der Waals surface area contributed by atoms with Gasteiger partial charge < -0.3 is 0 Å². The molecule has 0 spiro atoms. The Morgan fingerprint density at radius 3 is 2.33 bits per heavy atom. The highest BCUT2D eigenvalue weighted by Crippen LogP contribution is 2.14. The molecule has 0 heterocycles. The van der Waals surface area contributed by atoms with Gasteiger partial charge in [0.1, 0.15) is 0 Å². The molecule has 0 aliphatic carbocycles. The quantitative estimate of drug-likeness (QED) is 0.353. The fourth-order valence-corrected chi connectivity index (χ4v) is 0.250. The van der Waals surface area contributed by atoms with Crippen LogP contribution in [0.15, 0.2) is 0 Å². The lowest BCUT2D eigenvalue weighted by Gasteiger charge is -2.01. The average Bonchev–Trinajstić information content (AvgIpc) is 1.65.